The molecule has 0 unspecified atom stereocenters. The lowest BCUT2D eigenvalue weighted by Gasteiger charge is -2.26. The van der Waals surface area contributed by atoms with Crippen LogP contribution in [0.2, 0.25) is 0 Å². The molecule has 7 nitrogen and oxygen atoms in total. The van der Waals surface area contributed by atoms with E-state index in [1.54, 1.807) is 20.8 Å². The van der Waals surface area contributed by atoms with Gasteiger partial charge in [0.2, 0.25) is 0 Å². The normalized spacial score (nSPS) is 11.2. The Labute approximate surface area is 169 Å². The summed E-state index contributed by atoms with van der Waals surface area (Å²) < 4.78 is 46.1. The molecule has 2 aromatic rings. The number of ether oxygens (including phenoxy) is 1. The summed E-state index contributed by atoms with van der Waals surface area (Å²) in [5.74, 6) is -1.79. The highest BCUT2D eigenvalue weighted by atomic mass is 32.2. The predicted octanol–water partition coefficient (Wildman–Crippen LogP) is 3.04. The van der Waals surface area contributed by atoms with Gasteiger partial charge in [0.25, 0.3) is 15.9 Å². The van der Waals surface area contributed by atoms with Crippen molar-refractivity contribution >= 4 is 27.6 Å². The average molecular weight is 422 g/mol. The van der Waals surface area contributed by atoms with Crippen molar-refractivity contribution in [2.24, 2.45) is 0 Å². The van der Waals surface area contributed by atoms with Crippen molar-refractivity contribution in [3.05, 3.63) is 59.9 Å². The van der Waals surface area contributed by atoms with Gasteiger partial charge in [-0.1, -0.05) is 18.2 Å². The predicted molar refractivity (Wildman–Crippen MR) is 106 cm³/mol. The third kappa shape index (κ3) is 5.77. The van der Waals surface area contributed by atoms with Gasteiger partial charge in [0.15, 0.2) is 0 Å². The highest BCUT2D eigenvalue weighted by Crippen LogP contribution is 2.20. The molecule has 1 amide bonds. The fourth-order valence-electron chi connectivity index (χ4n) is 2.54. The van der Waals surface area contributed by atoms with Gasteiger partial charge in [-0.15, -0.1) is 0 Å². The van der Waals surface area contributed by atoms with Crippen LogP contribution in [0.4, 0.5) is 10.1 Å². The van der Waals surface area contributed by atoms with E-state index in [4.69, 9.17) is 4.74 Å². The molecule has 0 fully saturated rings. The van der Waals surface area contributed by atoms with Crippen molar-refractivity contribution in [2.75, 3.05) is 17.9 Å². The molecule has 0 aliphatic carbocycles. The van der Waals surface area contributed by atoms with Crippen LogP contribution in [-0.4, -0.2) is 44.4 Å². The third-order valence-electron chi connectivity index (χ3n) is 4.00. The number of carbonyl (C=O) groups excluding carboxylic acids is 2. The second-order valence-corrected chi connectivity index (χ2v) is 8.13. The highest BCUT2D eigenvalue weighted by Gasteiger charge is 2.24. The van der Waals surface area contributed by atoms with Crippen LogP contribution in [0.15, 0.2) is 53.4 Å². The minimum absolute atomic E-state index is 0.0828. The van der Waals surface area contributed by atoms with E-state index in [1.807, 2.05) is 0 Å². The summed E-state index contributed by atoms with van der Waals surface area (Å²) in [5.41, 5.74) is -0.116. The molecule has 2 rings (SSSR count). The molecule has 0 saturated heterocycles. The van der Waals surface area contributed by atoms with Crippen LogP contribution < -0.4 is 4.72 Å². The number of para-hydroxylation sites is 1. The Morgan fingerprint density at radius 1 is 1.14 bits per heavy atom. The molecule has 0 atom stereocenters. The molecular weight excluding hydrogens is 399 g/mol. The Hall–Kier alpha value is -2.94. The van der Waals surface area contributed by atoms with Crippen molar-refractivity contribution in [2.45, 2.75) is 31.7 Å². The van der Waals surface area contributed by atoms with E-state index in [-0.39, 0.29) is 35.3 Å². The van der Waals surface area contributed by atoms with Gasteiger partial charge in [-0.2, -0.15) is 0 Å². The molecule has 0 heterocycles. The highest BCUT2D eigenvalue weighted by molar-refractivity contribution is 7.92. The molecule has 0 aliphatic heterocycles. The SMILES string of the molecule is CCOC(=O)CN(C(=O)c1cccc(S(=O)(=O)Nc2ccccc2F)c1)C(C)C. The molecule has 0 radical (unpaired) electrons. The fraction of sp³-hybridized carbons (Fsp3) is 0.300. The summed E-state index contributed by atoms with van der Waals surface area (Å²) in [7, 11) is -4.12. The number of esters is 1. The van der Waals surface area contributed by atoms with E-state index in [0.717, 1.165) is 6.07 Å². The van der Waals surface area contributed by atoms with Gasteiger partial charge in [-0.25, -0.2) is 12.8 Å². The molecule has 29 heavy (non-hydrogen) atoms. The van der Waals surface area contributed by atoms with Crippen molar-refractivity contribution in [1.29, 1.82) is 0 Å². The van der Waals surface area contributed by atoms with Crippen molar-refractivity contribution in [3.8, 4) is 0 Å². The second-order valence-electron chi connectivity index (χ2n) is 6.45. The van der Waals surface area contributed by atoms with E-state index in [0.29, 0.717) is 0 Å². The van der Waals surface area contributed by atoms with Crippen molar-refractivity contribution in [1.82, 2.24) is 4.90 Å². The van der Waals surface area contributed by atoms with Gasteiger partial charge in [0, 0.05) is 11.6 Å². The first-order valence-electron chi connectivity index (χ1n) is 8.99. The van der Waals surface area contributed by atoms with E-state index in [9.17, 15) is 22.4 Å². The monoisotopic (exact) mass is 422 g/mol. The lowest BCUT2D eigenvalue weighted by atomic mass is 10.1. The minimum atomic E-state index is -4.12. The molecule has 0 aromatic heterocycles. The molecule has 0 aliphatic rings. The van der Waals surface area contributed by atoms with Crippen LogP contribution in [0.3, 0.4) is 0 Å². The minimum Gasteiger partial charge on any atom is -0.465 e. The molecule has 0 bridgehead atoms. The zero-order valence-corrected chi connectivity index (χ0v) is 17.2. The molecular formula is C20H23FN2O5S. The van der Waals surface area contributed by atoms with Crippen LogP contribution >= 0.6 is 0 Å². The number of rotatable bonds is 8. The van der Waals surface area contributed by atoms with Crippen LogP contribution in [0, 0.1) is 5.82 Å². The zero-order valence-electron chi connectivity index (χ0n) is 16.4. The number of hydrogen-bond acceptors (Lipinski definition) is 5. The van der Waals surface area contributed by atoms with Crippen molar-refractivity contribution < 1.29 is 27.1 Å². The number of nitrogens with zero attached hydrogens (tertiary/aromatic N) is 1. The summed E-state index contributed by atoms with van der Waals surface area (Å²) in [5, 5.41) is 0. The van der Waals surface area contributed by atoms with Crippen LogP contribution in [0.25, 0.3) is 0 Å². The van der Waals surface area contributed by atoms with E-state index < -0.39 is 27.7 Å². The molecule has 9 heteroatoms. The number of nitrogens with one attached hydrogen (secondary N) is 1. The number of halogens is 1. The summed E-state index contributed by atoms with van der Waals surface area (Å²) in [6, 6.07) is 10.4. The van der Waals surface area contributed by atoms with Crippen LogP contribution in [0.5, 0.6) is 0 Å². The van der Waals surface area contributed by atoms with E-state index >= 15 is 0 Å². The lowest BCUT2D eigenvalue weighted by Crippen LogP contribution is -2.41. The fourth-order valence-corrected chi connectivity index (χ4v) is 3.66. The van der Waals surface area contributed by atoms with Gasteiger partial charge in [0.1, 0.15) is 12.4 Å². The zero-order chi connectivity index (χ0) is 21.6. The second kappa shape index (κ2) is 9.51. The first kappa shape index (κ1) is 22.4. The van der Waals surface area contributed by atoms with Crippen molar-refractivity contribution in [3.63, 3.8) is 0 Å². The third-order valence-corrected chi connectivity index (χ3v) is 5.36. The standard InChI is InChI=1S/C20H23FN2O5S/c1-4-28-19(24)13-23(14(2)3)20(25)15-8-7-9-16(12-15)29(26,27)22-18-11-6-5-10-17(18)21/h5-12,14,22H,4,13H2,1-3H3. The van der Waals surface area contributed by atoms with Gasteiger partial charge >= 0.3 is 5.97 Å². The van der Waals surface area contributed by atoms with Crippen LogP contribution in [-0.2, 0) is 19.6 Å². The Morgan fingerprint density at radius 2 is 1.83 bits per heavy atom. The summed E-state index contributed by atoms with van der Waals surface area (Å²) in [6.45, 7) is 5.06. The number of carbonyl (C=O) groups is 2. The molecule has 1 N–H and O–H groups in total. The Balaban J connectivity index is 2.30. The maximum Gasteiger partial charge on any atom is 0.325 e. The van der Waals surface area contributed by atoms with Crippen LogP contribution in [0.1, 0.15) is 31.1 Å². The first-order valence-corrected chi connectivity index (χ1v) is 10.5. The summed E-state index contributed by atoms with van der Waals surface area (Å²) in [6.07, 6.45) is 0. The first-order chi connectivity index (χ1) is 13.7. The number of benzene rings is 2. The summed E-state index contributed by atoms with van der Waals surface area (Å²) in [4.78, 5) is 25.7. The Morgan fingerprint density at radius 3 is 2.45 bits per heavy atom. The van der Waals surface area contributed by atoms with E-state index in [1.165, 1.54) is 47.4 Å². The average Bonchev–Trinajstić information content (AvgIpc) is 2.67. The quantitative estimate of drug-likeness (QED) is 0.660. The number of amides is 1. The molecule has 0 saturated carbocycles. The van der Waals surface area contributed by atoms with Gasteiger partial charge in [0.05, 0.1) is 17.2 Å². The van der Waals surface area contributed by atoms with Gasteiger partial charge in [-0.3, -0.25) is 14.3 Å². The van der Waals surface area contributed by atoms with Gasteiger partial charge < -0.3 is 9.64 Å². The Kier molecular flexibility index (Phi) is 7.33. The number of anilines is 1. The Bertz CT molecular complexity index is 992. The lowest BCUT2D eigenvalue weighted by molar-refractivity contribution is -0.144. The number of hydrogen-bond donors (Lipinski definition) is 1. The van der Waals surface area contributed by atoms with E-state index in [2.05, 4.69) is 4.72 Å². The summed E-state index contributed by atoms with van der Waals surface area (Å²) >= 11 is 0. The van der Waals surface area contributed by atoms with Gasteiger partial charge in [-0.05, 0) is 51.1 Å². The maximum atomic E-state index is 13.8. The topological polar surface area (TPSA) is 92.8 Å². The maximum absolute atomic E-state index is 13.8. The molecule has 156 valence electrons. The largest absolute Gasteiger partial charge is 0.465 e. The number of sulfonamides is 1. The molecule has 0 spiro atoms. The molecule has 2 aromatic carbocycles. The smallest absolute Gasteiger partial charge is 0.325 e.